The van der Waals surface area contributed by atoms with E-state index in [2.05, 4.69) is 4.72 Å². The zero-order valence-electron chi connectivity index (χ0n) is 19.8. The normalized spacial score (nSPS) is 17.8. The Bertz CT molecular complexity index is 1260. The predicted molar refractivity (Wildman–Crippen MR) is 138 cm³/mol. The number of benzene rings is 2. The summed E-state index contributed by atoms with van der Waals surface area (Å²) in [7, 11) is -7.60. The number of amides is 1. The van der Waals surface area contributed by atoms with E-state index in [0.29, 0.717) is 31.7 Å². The molecule has 1 amide bonds. The van der Waals surface area contributed by atoms with Crippen LogP contribution in [0, 0.1) is 0 Å². The van der Waals surface area contributed by atoms with Gasteiger partial charge in [-0.05, 0) is 74.4 Å². The molecule has 2 fully saturated rings. The molecule has 1 N–H and O–H groups in total. The molecule has 2 saturated heterocycles. The third-order valence-electron chi connectivity index (χ3n) is 6.41. The van der Waals surface area contributed by atoms with Crippen molar-refractivity contribution in [2.24, 2.45) is 0 Å². The first-order valence-electron chi connectivity index (χ1n) is 11.8. The first kappa shape index (κ1) is 26.0. The maximum Gasteiger partial charge on any atom is 0.261 e. The quantitative estimate of drug-likeness (QED) is 0.535. The average Bonchev–Trinajstić information content (AvgIpc) is 3.24. The van der Waals surface area contributed by atoms with Crippen molar-refractivity contribution in [3.8, 4) is 0 Å². The summed E-state index contributed by atoms with van der Waals surface area (Å²) in [6.07, 6.45) is 7.48. The van der Waals surface area contributed by atoms with Gasteiger partial charge in [-0.2, -0.15) is 4.31 Å². The van der Waals surface area contributed by atoms with E-state index in [4.69, 9.17) is 0 Å². The predicted octanol–water partition coefficient (Wildman–Crippen LogP) is 4.01. The minimum absolute atomic E-state index is 0.0147. The van der Waals surface area contributed by atoms with E-state index in [1.165, 1.54) is 52.5 Å². The molecule has 0 saturated carbocycles. The fraction of sp³-hybridized carbons (Fsp3) is 0.458. The van der Waals surface area contributed by atoms with Crippen LogP contribution in [0.25, 0.3) is 0 Å². The largest absolute Gasteiger partial charge is 0.339 e. The molecular weight excluding hydrogens is 506 g/mol. The highest BCUT2D eigenvalue weighted by Gasteiger charge is 2.26. The Morgan fingerprint density at radius 2 is 1.37 bits per heavy atom. The molecule has 8 nitrogen and oxygen atoms in total. The molecule has 2 aromatic rings. The highest BCUT2D eigenvalue weighted by atomic mass is 32.2. The van der Waals surface area contributed by atoms with Gasteiger partial charge in [-0.15, -0.1) is 11.8 Å². The number of hydrogen-bond acceptors (Lipinski definition) is 6. The first-order chi connectivity index (χ1) is 16.7. The standard InChI is InChI=1S/C24H31N3O5S3/c1-33-23-13-12-21(18-22(23)24(28)26-14-6-7-15-26)34(29,30)25-19-8-10-20(11-9-19)35(31,32)27-16-4-2-3-5-17-27/h8-13,18,25H,2-7,14-17H2,1H3. The summed E-state index contributed by atoms with van der Waals surface area (Å²) < 4.78 is 56.2. The minimum atomic E-state index is -3.98. The van der Waals surface area contributed by atoms with E-state index in [1.54, 1.807) is 11.0 Å². The highest BCUT2D eigenvalue weighted by molar-refractivity contribution is 7.98. The minimum Gasteiger partial charge on any atom is -0.339 e. The molecule has 35 heavy (non-hydrogen) atoms. The summed E-state index contributed by atoms with van der Waals surface area (Å²) in [5.74, 6) is -0.160. The van der Waals surface area contributed by atoms with Crippen LogP contribution in [-0.2, 0) is 20.0 Å². The lowest BCUT2D eigenvalue weighted by molar-refractivity contribution is 0.0789. The average molecular weight is 538 g/mol. The summed E-state index contributed by atoms with van der Waals surface area (Å²) in [5, 5.41) is 0. The van der Waals surface area contributed by atoms with Gasteiger partial charge in [0.15, 0.2) is 0 Å². The van der Waals surface area contributed by atoms with E-state index in [9.17, 15) is 21.6 Å². The monoisotopic (exact) mass is 537 g/mol. The van der Waals surface area contributed by atoms with Crippen LogP contribution in [0.5, 0.6) is 0 Å². The molecule has 11 heteroatoms. The number of likely N-dealkylation sites (tertiary alicyclic amines) is 1. The Morgan fingerprint density at radius 1 is 0.800 bits per heavy atom. The lowest BCUT2D eigenvalue weighted by Gasteiger charge is -2.20. The number of thioether (sulfide) groups is 1. The topological polar surface area (TPSA) is 104 Å². The molecule has 0 unspecified atom stereocenters. The van der Waals surface area contributed by atoms with Crippen LogP contribution in [0.15, 0.2) is 57.2 Å². The van der Waals surface area contributed by atoms with E-state index in [1.807, 2.05) is 6.26 Å². The van der Waals surface area contributed by atoms with Crippen LogP contribution in [0.1, 0.15) is 48.9 Å². The Hall–Kier alpha value is -2.08. The Morgan fingerprint density at radius 3 is 1.97 bits per heavy atom. The summed E-state index contributed by atoms with van der Waals surface area (Å²) in [5.41, 5.74) is 0.627. The molecule has 0 radical (unpaired) electrons. The van der Waals surface area contributed by atoms with Gasteiger partial charge in [-0.25, -0.2) is 16.8 Å². The number of sulfonamides is 2. The van der Waals surface area contributed by atoms with Gasteiger partial charge in [-0.1, -0.05) is 12.8 Å². The number of rotatable bonds is 7. The van der Waals surface area contributed by atoms with Crippen LogP contribution in [0.2, 0.25) is 0 Å². The van der Waals surface area contributed by atoms with Crippen LogP contribution in [0.4, 0.5) is 5.69 Å². The van der Waals surface area contributed by atoms with Gasteiger partial charge in [0.2, 0.25) is 10.0 Å². The highest BCUT2D eigenvalue weighted by Crippen LogP contribution is 2.28. The zero-order valence-corrected chi connectivity index (χ0v) is 22.2. The zero-order chi connectivity index (χ0) is 25.1. The van der Waals surface area contributed by atoms with E-state index in [0.717, 1.165) is 43.4 Å². The first-order valence-corrected chi connectivity index (χ1v) is 16.0. The van der Waals surface area contributed by atoms with Crippen molar-refractivity contribution in [3.63, 3.8) is 0 Å². The van der Waals surface area contributed by atoms with E-state index in [-0.39, 0.29) is 21.4 Å². The number of hydrogen-bond donors (Lipinski definition) is 1. The van der Waals surface area contributed by atoms with Gasteiger partial charge < -0.3 is 4.90 Å². The lowest BCUT2D eigenvalue weighted by atomic mass is 10.2. The number of nitrogens with zero attached hydrogens (tertiary/aromatic N) is 2. The SMILES string of the molecule is CSc1ccc(S(=O)(=O)Nc2ccc(S(=O)(=O)N3CCCCCC3)cc2)cc1C(=O)N1CCCC1. The maximum absolute atomic E-state index is 13.1. The van der Waals surface area contributed by atoms with Gasteiger partial charge in [0.25, 0.3) is 15.9 Å². The second kappa shape index (κ2) is 10.9. The Balaban J connectivity index is 1.54. The molecular formula is C24H31N3O5S3. The number of nitrogens with one attached hydrogen (secondary N) is 1. The van der Waals surface area contributed by atoms with Crippen molar-refractivity contribution in [1.29, 1.82) is 0 Å². The summed E-state index contributed by atoms with van der Waals surface area (Å²) in [4.78, 5) is 15.6. The van der Waals surface area contributed by atoms with Gasteiger partial charge in [-0.3, -0.25) is 9.52 Å². The molecule has 2 aliphatic heterocycles. The number of carbonyl (C=O) groups is 1. The summed E-state index contributed by atoms with van der Waals surface area (Å²) in [6.45, 7) is 2.35. The van der Waals surface area contributed by atoms with Gasteiger partial charge >= 0.3 is 0 Å². The summed E-state index contributed by atoms with van der Waals surface area (Å²) >= 11 is 1.40. The van der Waals surface area contributed by atoms with Crippen molar-refractivity contribution in [1.82, 2.24) is 9.21 Å². The van der Waals surface area contributed by atoms with Crippen molar-refractivity contribution in [2.75, 3.05) is 37.2 Å². The second-order valence-electron chi connectivity index (χ2n) is 8.81. The molecule has 2 aromatic carbocycles. The molecule has 0 aromatic heterocycles. The molecule has 0 atom stereocenters. The number of anilines is 1. The third-order valence-corrected chi connectivity index (χ3v) is 10.5. The molecule has 2 aliphatic rings. The molecule has 4 rings (SSSR count). The second-order valence-corrected chi connectivity index (χ2v) is 13.3. The van der Waals surface area contributed by atoms with E-state index >= 15 is 0 Å². The van der Waals surface area contributed by atoms with Crippen molar-refractivity contribution >= 4 is 43.4 Å². The van der Waals surface area contributed by atoms with Crippen molar-refractivity contribution < 1.29 is 21.6 Å². The Labute approximate surface area is 212 Å². The fourth-order valence-corrected chi connectivity index (χ4v) is 7.62. The smallest absolute Gasteiger partial charge is 0.261 e. The Kier molecular flexibility index (Phi) is 8.09. The van der Waals surface area contributed by atoms with Gasteiger partial charge in [0, 0.05) is 36.8 Å². The molecule has 0 spiro atoms. The number of carbonyl (C=O) groups excluding carboxylic acids is 1. The lowest BCUT2D eigenvalue weighted by Crippen LogP contribution is -2.31. The van der Waals surface area contributed by atoms with Crippen molar-refractivity contribution in [3.05, 3.63) is 48.0 Å². The van der Waals surface area contributed by atoms with Crippen LogP contribution in [0.3, 0.4) is 0 Å². The van der Waals surface area contributed by atoms with Crippen LogP contribution >= 0.6 is 11.8 Å². The third kappa shape index (κ3) is 5.84. The molecule has 0 bridgehead atoms. The van der Waals surface area contributed by atoms with Crippen LogP contribution < -0.4 is 4.72 Å². The molecule has 190 valence electrons. The fourth-order valence-electron chi connectivity index (χ4n) is 4.45. The van der Waals surface area contributed by atoms with Crippen molar-refractivity contribution in [2.45, 2.75) is 53.2 Å². The van der Waals surface area contributed by atoms with Gasteiger partial charge in [0.05, 0.1) is 15.4 Å². The van der Waals surface area contributed by atoms with E-state index < -0.39 is 20.0 Å². The maximum atomic E-state index is 13.1. The van der Waals surface area contributed by atoms with Crippen LogP contribution in [-0.4, -0.2) is 64.4 Å². The molecule has 2 heterocycles. The summed E-state index contributed by atoms with van der Waals surface area (Å²) in [6, 6.07) is 10.3. The molecule has 0 aliphatic carbocycles. The van der Waals surface area contributed by atoms with Gasteiger partial charge in [0.1, 0.15) is 0 Å².